The lowest BCUT2D eigenvalue weighted by Crippen LogP contribution is -2.20. The molecule has 128 valence electrons. The number of ether oxygens (including phenoxy) is 2. The Labute approximate surface area is 146 Å². The molecule has 6 heteroatoms. The summed E-state index contributed by atoms with van der Waals surface area (Å²) in [5.41, 5.74) is 2.22. The summed E-state index contributed by atoms with van der Waals surface area (Å²) in [4.78, 5) is 18.0. The minimum Gasteiger partial charge on any atom is -0.493 e. The molecule has 1 aliphatic carbocycles. The standard InChI is InChI=1S/C18H22N2O3S/c1-12-8-9-14(15(10-12)22-2)23-11-17(21)20-18-19-13-6-4-3-5-7-16(13)24-18/h8-10H,3-7,11H2,1-2H3,(H,19,20,21). The van der Waals surface area contributed by atoms with Crippen molar-refractivity contribution in [2.24, 2.45) is 0 Å². The van der Waals surface area contributed by atoms with E-state index in [1.165, 1.54) is 24.1 Å². The number of anilines is 1. The average Bonchev–Trinajstić information content (AvgIpc) is 2.81. The Morgan fingerprint density at radius 2 is 2.08 bits per heavy atom. The van der Waals surface area contributed by atoms with Gasteiger partial charge in [0.25, 0.3) is 5.91 Å². The smallest absolute Gasteiger partial charge is 0.264 e. The number of hydrogen-bond acceptors (Lipinski definition) is 5. The molecule has 3 rings (SSSR count). The number of aromatic nitrogens is 1. The van der Waals surface area contributed by atoms with E-state index in [1.807, 2.05) is 25.1 Å². The molecule has 0 atom stereocenters. The lowest BCUT2D eigenvalue weighted by Gasteiger charge is -2.10. The third kappa shape index (κ3) is 4.06. The Morgan fingerprint density at radius 1 is 1.25 bits per heavy atom. The number of aryl methyl sites for hydroxylation is 3. The molecular weight excluding hydrogens is 324 g/mol. The van der Waals surface area contributed by atoms with Gasteiger partial charge in [0.2, 0.25) is 0 Å². The molecule has 5 nitrogen and oxygen atoms in total. The molecule has 1 aromatic heterocycles. The number of thiazole rings is 1. The van der Waals surface area contributed by atoms with Gasteiger partial charge in [-0.2, -0.15) is 0 Å². The first-order chi connectivity index (χ1) is 11.7. The first-order valence-electron chi connectivity index (χ1n) is 8.21. The van der Waals surface area contributed by atoms with Crippen LogP contribution in [0.25, 0.3) is 0 Å². The molecule has 1 N–H and O–H groups in total. The van der Waals surface area contributed by atoms with E-state index in [2.05, 4.69) is 10.3 Å². The van der Waals surface area contributed by atoms with Crippen LogP contribution in [-0.2, 0) is 17.6 Å². The van der Waals surface area contributed by atoms with Crippen molar-refractivity contribution in [2.45, 2.75) is 39.0 Å². The predicted molar refractivity (Wildman–Crippen MR) is 95.2 cm³/mol. The van der Waals surface area contributed by atoms with Crippen molar-refractivity contribution in [1.82, 2.24) is 4.98 Å². The van der Waals surface area contributed by atoms with Crippen molar-refractivity contribution in [3.8, 4) is 11.5 Å². The second-order valence-electron chi connectivity index (χ2n) is 5.94. The largest absolute Gasteiger partial charge is 0.493 e. The van der Waals surface area contributed by atoms with Gasteiger partial charge in [-0.1, -0.05) is 12.5 Å². The Bertz CT molecular complexity index is 704. The van der Waals surface area contributed by atoms with Crippen LogP contribution in [0.2, 0.25) is 0 Å². The van der Waals surface area contributed by atoms with Crippen LogP contribution in [0.3, 0.4) is 0 Å². The van der Waals surface area contributed by atoms with Crippen molar-refractivity contribution in [2.75, 3.05) is 19.0 Å². The lowest BCUT2D eigenvalue weighted by molar-refractivity contribution is -0.118. The molecule has 0 aliphatic heterocycles. The van der Waals surface area contributed by atoms with E-state index in [0.29, 0.717) is 16.6 Å². The number of amides is 1. The zero-order valence-electron chi connectivity index (χ0n) is 14.1. The third-order valence-corrected chi connectivity index (χ3v) is 5.09. The van der Waals surface area contributed by atoms with E-state index in [0.717, 1.165) is 24.1 Å². The number of hydrogen-bond donors (Lipinski definition) is 1. The maximum absolute atomic E-state index is 12.1. The second kappa shape index (κ2) is 7.66. The molecule has 1 heterocycles. The number of fused-ring (bicyclic) bond motifs is 1. The summed E-state index contributed by atoms with van der Waals surface area (Å²) in [7, 11) is 1.59. The van der Waals surface area contributed by atoms with Gasteiger partial charge in [0.15, 0.2) is 23.2 Å². The van der Waals surface area contributed by atoms with Gasteiger partial charge in [-0.3, -0.25) is 10.1 Å². The van der Waals surface area contributed by atoms with E-state index in [-0.39, 0.29) is 12.5 Å². The Balaban J connectivity index is 1.58. The average molecular weight is 346 g/mol. The van der Waals surface area contributed by atoms with Crippen LogP contribution in [0, 0.1) is 6.92 Å². The van der Waals surface area contributed by atoms with Gasteiger partial charge in [-0.05, 0) is 50.3 Å². The first kappa shape index (κ1) is 16.8. The summed E-state index contributed by atoms with van der Waals surface area (Å²) in [6, 6.07) is 5.62. The van der Waals surface area contributed by atoms with Crippen LogP contribution >= 0.6 is 11.3 Å². The fraction of sp³-hybridized carbons (Fsp3) is 0.444. The Kier molecular flexibility index (Phi) is 5.35. The van der Waals surface area contributed by atoms with Crippen LogP contribution < -0.4 is 14.8 Å². The summed E-state index contributed by atoms with van der Waals surface area (Å²) in [6.07, 6.45) is 5.73. The summed E-state index contributed by atoms with van der Waals surface area (Å²) in [6.45, 7) is 1.91. The molecule has 2 aromatic rings. The second-order valence-corrected chi connectivity index (χ2v) is 7.02. The van der Waals surface area contributed by atoms with Gasteiger partial charge in [0.1, 0.15) is 0 Å². The van der Waals surface area contributed by atoms with Gasteiger partial charge < -0.3 is 9.47 Å². The molecule has 0 spiro atoms. The van der Waals surface area contributed by atoms with E-state index in [4.69, 9.17) is 9.47 Å². The molecule has 0 saturated heterocycles. The molecule has 0 bridgehead atoms. The molecule has 1 aromatic carbocycles. The van der Waals surface area contributed by atoms with Crippen LogP contribution in [-0.4, -0.2) is 24.6 Å². The SMILES string of the molecule is COc1cc(C)ccc1OCC(=O)Nc1nc2c(s1)CCCCC2. The number of benzene rings is 1. The highest BCUT2D eigenvalue weighted by Crippen LogP contribution is 2.29. The molecule has 1 aliphatic rings. The topological polar surface area (TPSA) is 60.5 Å². The van der Waals surface area contributed by atoms with Crippen molar-refractivity contribution in [3.05, 3.63) is 34.3 Å². The molecular formula is C18H22N2O3S. The van der Waals surface area contributed by atoms with Gasteiger partial charge in [0.05, 0.1) is 12.8 Å². The number of methoxy groups -OCH3 is 1. The highest BCUT2D eigenvalue weighted by atomic mass is 32.1. The fourth-order valence-electron chi connectivity index (χ4n) is 2.77. The normalized spacial score (nSPS) is 13.8. The lowest BCUT2D eigenvalue weighted by atomic mass is 10.2. The molecule has 24 heavy (non-hydrogen) atoms. The van der Waals surface area contributed by atoms with Gasteiger partial charge in [-0.25, -0.2) is 4.98 Å². The van der Waals surface area contributed by atoms with Crippen molar-refractivity contribution < 1.29 is 14.3 Å². The van der Waals surface area contributed by atoms with Crippen LogP contribution in [0.15, 0.2) is 18.2 Å². The van der Waals surface area contributed by atoms with Gasteiger partial charge >= 0.3 is 0 Å². The highest BCUT2D eigenvalue weighted by molar-refractivity contribution is 7.15. The van der Waals surface area contributed by atoms with E-state index >= 15 is 0 Å². The van der Waals surface area contributed by atoms with Gasteiger partial charge in [-0.15, -0.1) is 11.3 Å². The fourth-order valence-corrected chi connectivity index (χ4v) is 3.84. The predicted octanol–water partition coefficient (Wildman–Crippen LogP) is 3.75. The number of carbonyl (C=O) groups excluding carboxylic acids is 1. The molecule has 0 saturated carbocycles. The minimum atomic E-state index is -0.207. The molecule has 1 amide bonds. The van der Waals surface area contributed by atoms with Crippen LogP contribution in [0.1, 0.15) is 35.4 Å². The highest BCUT2D eigenvalue weighted by Gasteiger charge is 2.16. The monoisotopic (exact) mass is 346 g/mol. The Hall–Kier alpha value is -2.08. The van der Waals surface area contributed by atoms with E-state index in [9.17, 15) is 4.79 Å². The first-order valence-corrected chi connectivity index (χ1v) is 9.03. The number of nitrogens with zero attached hydrogens (tertiary/aromatic N) is 1. The van der Waals surface area contributed by atoms with Crippen molar-refractivity contribution in [3.63, 3.8) is 0 Å². The zero-order chi connectivity index (χ0) is 16.9. The number of rotatable bonds is 5. The summed E-state index contributed by atoms with van der Waals surface area (Å²) < 4.78 is 10.9. The summed E-state index contributed by atoms with van der Waals surface area (Å²) in [5, 5.41) is 3.51. The maximum Gasteiger partial charge on any atom is 0.264 e. The Morgan fingerprint density at radius 3 is 2.92 bits per heavy atom. The number of nitrogens with one attached hydrogen (secondary N) is 1. The van der Waals surface area contributed by atoms with Crippen LogP contribution in [0.4, 0.5) is 5.13 Å². The zero-order valence-corrected chi connectivity index (χ0v) is 14.9. The van der Waals surface area contributed by atoms with Gasteiger partial charge in [0, 0.05) is 4.88 Å². The van der Waals surface area contributed by atoms with Crippen LogP contribution in [0.5, 0.6) is 11.5 Å². The molecule has 0 radical (unpaired) electrons. The van der Waals surface area contributed by atoms with Crippen molar-refractivity contribution >= 4 is 22.4 Å². The van der Waals surface area contributed by atoms with E-state index < -0.39 is 0 Å². The van der Waals surface area contributed by atoms with Crippen molar-refractivity contribution in [1.29, 1.82) is 0 Å². The minimum absolute atomic E-state index is 0.0658. The molecule has 0 unspecified atom stereocenters. The summed E-state index contributed by atoms with van der Waals surface area (Å²) >= 11 is 1.58. The molecule has 0 fully saturated rings. The maximum atomic E-state index is 12.1. The number of carbonyl (C=O) groups is 1. The summed E-state index contributed by atoms with van der Waals surface area (Å²) in [5.74, 6) is 0.985. The quantitative estimate of drug-likeness (QED) is 0.838. The van der Waals surface area contributed by atoms with E-state index in [1.54, 1.807) is 18.4 Å². The third-order valence-electron chi connectivity index (χ3n) is 4.02.